The number of methoxy groups -OCH3 is 1. The monoisotopic (exact) mass is 363 g/mol. The topological polar surface area (TPSA) is 62.8 Å². The number of H-pyrrole nitrogens is 2. The Balaban J connectivity index is 1.86. The summed E-state index contributed by atoms with van der Waals surface area (Å²) < 4.78 is 7.30. The average Bonchev–Trinajstić information content (AvgIpc) is 3.10. The van der Waals surface area contributed by atoms with Crippen LogP contribution in [-0.2, 0) is 6.54 Å². The number of hydrogen-bond donors (Lipinski definition) is 2. The van der Waals surface area contributed by atoms with Crippen LogP contribution in [-0.4, -0.2) is 21.6 Å². The molecule has 0 saturated carbocycles. The first-order valence-electron chi connectivity index (χ1n) is 8.20. The van der Waals surface area contributed by atoms with Gasteiger partial charge >= 0.3 is 0 Å². The van der Waals surface area contributed by atoms with Crippen molar-refractivity contribution in [1.29, 1.82) is 0 Å². The summed E-state index contributed by atoms with van der Waals surface area (Å²) in [5, 5.41) is 0. The zero-order valence-electron chi connectivity index (χ0n) is 14.2. The highest BCUT2D eigenvalue weighted by molar-refractivity contribution is 7.71. The molecule has 2 N–H and O–H groups in total. The third kappa shape index (κ3) is 2.74. The molecule has 2 aromatic heterocycles. The fourth-order valence-electron chi connectivity index (χ4n) is 3.12. The Hall–Kier alpha value is -3.12. The van der Waals surface area contributed by atoms with Gasteiger partial charge in [0.15, 0.2) is 4.77 Å². The largest absolute Gasteiger partial charge is 0.496 e. The summed E-state index contributed by atoms with van der Waals surface area (Å²) in [4.78, 5) is 19.3. The third-order valence-electron chi connectivity index (χ3n) is 4.42. The maximum Gasteiger partial charge on any atom is 0.278 e. The number of benzene rings is 2. The third-order valence-corrected chi connectivity index (χ3v) is 4.74. The molecule has 0 radical (unpaired) electrons. The molecule has 5 nitrogen and oxygen atoms in total. The first-order valence-corrected chi connectivity index (χ1v) is 8.61. The lowest BCUT2D eigenvalue weighted by Gasteiger charge is -2.10. The van der Waals surface area contributed by atoms with Gasteiger partial charge in [-0.3, -0.25) is 9.36 Å². The summed E-state index contributed by atoms with van der Waals surface area (Å²) in [5.74, 6) is 0.727. The molecular formula is C20H17N3O2S. The number of nitrogens with one attached hydrogen (secondary N) is 2. The van der Waals surface area contributed by atoms with E-state index < -0.39 is 0 Å². The smallest absolute Gasteiger partial charge is 0.278 e. The Labute approximate surface area is 154 Å². The molecule has 0 aliphatic rings. The average molecular weight is 363 g/mol. The molecule has 4 rings (SSSR count). The van der Waals surface area contributed by atoms with Crippen LogP contribution >= 0.6 is 12.2 Å². The van der Waals surface area contributed by atoms with E-state index >= 15 is 0 Å². The van der Waals surface area contributed by atoms with E-state index in [0.717, 1.165) is 28.0 Å². The predicted molar refractivity (Wildman–Crippen MR) is 105 cm³/mol. The van der Waals surface area contributed by atoms with Crippen molar-refractivity contribution < 1.29 is 4.74 Å². The lowest BCUT2D eigenvalue weighted by molar-refractivity contribution is 0.408. The molecule has 26 heavy (non-hydrogen) atoms. The SMILES string of the molecule is COc1ccccc1Cn1c(=S)[nH]c2c(-c3ccccc3)c[nH]c2c1=O. The molecule has 6 heteroatoms. The fraction of sp³-hybridized carbons (Fsp3) is 0.100. The highest BCUT2D eigenvalue weighted by Crippen LogP contribution is 2.25. The summed E-state index contributed by atoms with van der Waals surface area (Å²) in [6, 6.07) is 17.5. The molecule has 0 unspecified atom stereocenters. The molecule has 0 aliphatic heterocycles. The van der Waals surface area contributed by atoms with E-state index in [2.05, 4.69) is 9.97 Å². The highest BCUT2D eigenvalue weighted by atomic mass is 32.1. The van der Waals surface area contributed by atoms with Gasteiger partial charge in [0.1, 0.15) is 11.3 Å². The second kappa shape index (κ2) is 6.65. The van der Waals surface area contributed by atoms with Crippen LogP contribution in [0.1, 0.15) is 5.56 Å². The molecule has 2 aromatic carbocycles. The number of fused-ring (bicyclic) bond motifs is 1. The van der Waals surface area contributed by atoms with E-state index in [1.807, 2.05) is 60.8 Å². The lowest BCUT2D eigenvalue weighted by Crippen LogP contribution is -2.23. The molecule has 0 aliphatic carbocycles. The van der Waals surface area contributed by atoms with Gasteiger partial charge in [0.05, 0.1) is 19.2 Å². The fourth-order valence-corrected chi connectivity index (χ4v) is 3.37. The van der Waals surface area contributed by atoms with Crippen LogP contribution in [0, 0.1) is 4.77 Å². The Morgan fingerprint density at radius 1 is 1.04 bits per heavy atom. The van der Waals surface area contributed by atoms with Gasteiger partial charge in [-0.25, -0.2) is 0 Å². The first kappa shape index (κ1) is 16.4. The van der Waals surface area contributed by atoms with Gasteiger partial charge < -0.3 is 14.7 Å². The van der Waals surface area contributed by atoms with Crippen LogP contribution in [0.3, 0.4) is 0 Å². The van der Waals surface area contributed by atoms with E-state index in [1.165, 1.54) is 0 Å². The summed E-state index contributed by atoms with van der Waals surface area (Å²) >= 11 is 5.47. The van der Waals surface area contributed by atoms with Crippen LogP contribution in [0.5, 0.6) is 5.75 Å². The lowest BCUT2D eigenvalue weighted by atomic mass is 10.1. The Morgan fingerprint density at radius 2 is 1.77 bits per heavy atom. The van der Waals surface area contributed by atoms with Crippen LogP contribution < -0.4 is 10.3 Å². The predicted octanol–water partition coefficient (Wildman–Crippen LogP) is 4.11. The molecular weight excluding hydrogens is 346 g/mol. The van der Waals surface area contributed by atoms with Crippen molar-refractivity contribution in [1.82, 2.24) is 14.5 Å². The van der Waals surface area contributed by atoms with Crippen molar-refractivity contribution >= 4 is 23.3 Å². The maximum absolute atomic E-state index is 13.0. The van der Waals surface area contributed by atoms with Gasteiger partial charge in [-0.2, -0.15) is 0 Å². The summed E-state index contributed by atoms with van der Waals surface area (Å²) in [7, 11) is 1.61. The van der Waals surface area contributed by atoms with E-state index in [4.69, 9.17) is 17.0 Å². The van der Waals surface area contributed by atoms with Crippen LogP contribution in [0.15, 0.2) is 65.6 Å². The van der Waals surface area contributed by atoms with Gasteiger partial charge in [0.2, 0.25) is 0 Å². The molecule has 0 fully saturated rings. The Morgan fingerprint density at radius 3 is 2.54 bits per heavy atom. The normalized spacial score (nSPS) is 11.0. The van der Waals surface area contributed by atoms with Crippen molar-refractivity contribution in [3.63, 3.8) is 0 Å². The number of aromatic nitrogens is 3. The minimum Gasteiger partial charge on any atom is -0.496 e. The van der Waals surface area contributed by atoms with Crippen molar-refractivity contribution in [2.45, 2.75) is 6.54 Å². The standard InChI is InChI=1S/C20H17N3O2S/c1-25-16-10-6-5-9-14(16)12-23-19(24)18-17(22-20(23)26)15(11-21-18)13-7-3-2-4-8-13/h2-11,21H,12H2,1H3,(H,22,26). The van der Waals surface area contributed by atoms with Gasteiger partial charge in [0, 0.05) is 17.3 Å². The minimum absolute atomic E-state index is 0.156. The molecule has 2 heterocycles. The van der Waals surface area contributed by atoms with Crippen LogP contribution in [0.4, 0.5) is 0 Å². The van der Waals surface area contributed by atoms with Gasteiger partial charge in [-0.15, -0.1) is 0 Å². The highest BCUT2D eigenvalue weighted by Gasteiger charge is 2.13. The van der Waals surface area contributed by atoms with Crippen molar-refractivity contribution in [3.8, 4) is 16.9 Å². The number of hydrogen-bond acceptors (Lipinski definition) is 3. The van der Waals surface area contributed by atoms with Gasteiger partial charge in [0.25, 0.3) is 5.56 Å². The number of para-hydroxylation sites is 1. The van der Waals surface area contributed by atoms with E-state index in [-0.39, 0.29) is 5.56 Å². The number of ether oxygens (including phenoxy) is 1. The molecule has 0 saturated heterocycles. The maximum atomic E-state index is 13.0. The molecule has 0 bridgehead atoms. The van der Waals surface area contributed by atoms with Crippen molar-refractivity contribution in [2.75, 3.05) is 7.11 Å². The first-order chi connectivity index (χ1) is 12.7. The number of nitrogens with zero attached hydrogens (tertiary/aromatic N) is 1. The van der Waals surface area contributed by atoms with Crippen molar-refractivity contribution in [2.24, 2.45) is 0 Å². The second-order valence-corrected chi connectivity index (χ2v) is 6.34. The van der Waals surface area contributed by atoms with E-state index in [1.54, 1.807) is 11.7 Å². The minimum atomic E-state index is -0.156. The molecule has 130 valence electrons. The van der Waals surface area contributed by atoms with Crippen molar-refractivity contribution in [3.05, 3.63) is 81.5 Å². The molecule has 0 spiro atoms. The van der Waals surface area contributed by atoms with E-state index in [0.29, 0.717) is 16.8 Å². The Kier molecular flexibility index (Phi) is 4.18. The van der Waals surface area contributed by atoms with Gasteiger partial charge in [-0.05, 0) is 23.8 Å². The summed E-state index contributed by atoms with van der Waals surface area (Å²) in [5.41, 5.74) is 3.91. The zero-order chi connectivity index (χ0) is 18.1. The van der Waals surface area contributed by atoms with Crippen LogP contribution in [0.25, 0.3) is 22.2 Å². The quantitative estimate of drug-likeness (QED) is 0.536. The summed E-state index contributed by atoms with van der Waals surface area (Å²) in [6.07, 6.45) is 1.83. The van der Waals surface area contributed by atoms with Crippen LogP contribution in [0.2, 0.25) is 0 Å². The second-order valence-electron chi connectivity index (χ2n) is 5.95. The zero-order valence-corrected chi connectivity index (χ0v) is 15.0. The summed E-state index contributed by atoms with van der Waals surface area (Å²) in [6.45, 7) is 0.341. The van der Waals surface area contributed by atoms with E-state index in [9.17, 15) is 4.79 Å². The molecule has 0 amide bonds. The molecule has 0 atom stereocenters. The Bertz CT molecular complexity index is 1190. The number of aromatic amines is 2. The van der Waals surface area contributed by atoms with Gasteiger partial charge in [-0.1, -0.05) is 48.5 Å². The number of rotatable bonds is 4. The molecule has 4 aromatic rings.